The predicted octanol–water partition coefficient (Wildman–Crippen LogP) is 3.82. The first kappa shape index (κ1) is 17.2. The summed E-state index contributed by atoms with van der Waals surface area (Å²) in [7, 11) is 0. The van der Waals surface area contributed by atoms with E-state index in [1.807, 2.05) is 66.2 Å². The first-order chi connectivity index (χ1) is 14.2. The molecule has 3 heterocycles. The second-order valence-corrected chi connectivity index (χ2v) is 7.00. The maximum absolute atomic E-state index is 6.13. The van der Waals surface area contributed by atoms with Crippen LogP contribution in [0.15, 0.2) is 73.6 Å². The number of benzene rings is 2. The van der Waals surface area contributed by atoms with Gasteiger partial charge in [0, 0.05) is 23.5 Å². The number of nitrogens with zero attached hydrogens (tertiary/aromatic N) is 5. The number of nitrogen functional groups attached to an aromatic ring is 1. The SMILES string of the molecule is CC(Cn1cnc2c(N)nc3ccccc3c21)Oc1ccc(-n2ccnc2)cc1. The number of aromatic nitrogens is 5. The third-order valence-corrected chi connectivity index (χ3v) is 4.91. The summed E-state index contributed by atoms with van der Waals surface area (Å²) in [4.78, 5) is 13.0. The molecule has 1 atom stereocenters. The summed E-state index contributed by atoms with van der Waals surface area (Å²) in [5.41, 5.74) is 9.73. The van der Waals surface area contributed by atoms with Gasteiger partial charge in [-0.2, -0.15) is 0 Å². The van der Waals surface area contributed by atoms with E-state index in [9.17, 15) is 0 Å². The molecule has 0 bridgehead atoms. The smallest absolute Gasteiger partial charge is 0.152 e. The molecule has 29 heavy (non-hydrogen) atoms. The Morgan fingerprint density at radius 3 is 2.69 bits per heavy atom. The molecule has 5 rings (SSSR count). The van der Waals surface area contributed by atoms with Gasteiger partial charge in [-0.3, -0.25) is 0 Å². The van der Waals surface area contributed by atoms with E-state index in [-0.39, 0.29) is 6.10 Å². The summed E-state index contributed by atoms with van der Waals surface area (Å²) < 4.78 is 10.2. The highest BCUT2D eigenvalue weighted by Gasteiger charge is 2.14. The molecule has 7 heteroatoms. The zero-order valence-electron chi connectivity index (χ0n) is 15.9. The summed E-state index contributed by atoms with van der Waals surface area (Å²) in [5.74, 6) is 1.26. The Kier molecular flexibility index (Phi) is 4.13. The number of nitrogens with two attached hydrogens (primary N) is 1. The summed E-state index contributed by atoms with van der Waals surface area (Å²) >= 11 is 0. The molecule has 3 aromatic heterocycles. The lowest BCUT2D eigenvalue weighted by molar-refractivity contribution is 0.201. The summed E-state index contributed by atoms with van der Waals surface area (Å²) in [5, 5.41) is 1.03. The van der Waals surface area contributed by atoms with E-state index in [0.29, 0.717) is 12.4 Å². The van der Waals surface area contributed by atoms with Crippen LogP contribution in [-0.4, -0.2) is 30.2 Å². The largest absolute Gasteiger partial charge is 0.489 e. The van der Waals surface area contributed by atoms with Crippen LogP contribution in [0.5, 0.6) is 5.75 Å². The van der Waals surface area contributed by atoms with Crippen LogP contribution in [0.1, 0.15) is 6.92 Å². The van der Waals surface area contributed by atoms with Crippen molar-refractivity contribution in [2.24, 2.45) is 0 Å². The van der Waals surface area contributed by atoms with Crippen molar-refractivity contribution in [2.75, 3.05) is 5.73 Å². The number of anilines is 1. The normalized spacial score (nSPS) is 12.4. The van der Waals surface area contributed by atoms with Crippen LogP contribution in [0.2, 0.25) is 0 Å². The molecular formula is C22H20N6O. The first-order valence-electron chi connectivity index (χ1n) is 9.43. The van der Waals surface area contributed by atoms with Crippen molar-refractivity contribution in [3.63, 3.8) is 0 Å². The summed E-state index contributed by atoms with van der Waals surface area (Å²) in [6.45, 7) is 2.69. The van der Waals surface area contributed by atoms with Gasteiger partial charge in [-0.25, -0.2) is 15.0 Å². The van der Waals surface area contributed by atoms with Crippen molar-refractivity contribution in [3.8, 4) is 11.4 Å². The quantitative estimate of drug-likeness (QED) is 0.498. The molecule has 0 fully saturated rings. The molecule has 2 N–H and O–H groups in total. The Morgan fingerprint density at radius 2 is 1.90 bits per heavy atom. The Hall–Kier alpha value is -3.87. The van der Waals surface area contributed by atoms with Crippen LogP contribution in [0.4, 0.5) is 5.82 Å². The molecule has 0 amide bonds. The van der Waals surface area contributed by atoms with E-state index >= 15 is 0 Å². The third kappa shape index (κ3) is 3.16. The second kappa shape index (κ2) is 6.94. The molecule has 0 spiro atoms. The number of fused-ring (bicyclic) bond motifs is 3. The molecule has 0 saturated carbocycles. The molecule has 144 valence electrons. The monoisotopic (exact) mass is 384 g/mol. The van der Waals surface area contributed by atoms with Gasteiger partial charge in [0.15, 0.2) is 5.82 Å². The van der Waals surface area contributed by atoms with Crippen LogP contribution in [0, 0.1) is 0 Å². The van der Waals surface area contributed by atoms with Crippen LogP contribution in [0.3, 0.4) is 0 Å². The molecule has 7 nitrogen and oxygen atoms in total. The average Bonchev–Trinajstić information content (AvgIpc) is 3.40. The van der Waals surface area contributed by atoms with Crippen LogP contribution in [0.25, 0.3) is 27.6 Å². The zero-order valence-corrected chi connectivity index (χ0v) is 15.9. The van der Waals surface area contributed by atoms with Gasteiger partial charge in [-0.15, -0.1) is 0 Å². The van der Waals surface area contributed by atoms with Crippen molar-refractivity contribution >= 4 is 27.8 Å². The van der Waals surface area contributed by atoms with Crippen LogP contribution in [-0.2, 0) is 6.54 Å². The highest BCUT2D eigenvalue weighted by molar-refractivity contribution is 6.06. The molecule has 0 aliphatic carbocycles. The van der Waals surface area contributed by atoms with Crippen molar-refractivity contribution < 1.29 is 4.74 Å². The van der Waals surface area contributed by atoms with E-state index < -0.39 is 0 Å². The molecule has 0 radical (unpaired) electrons. The van der Waals surface area contributed by atoms with E-state index in [1.54, 1.807) is 18.9 Å². The van der Waals surface area contributed by atoms with Gasteiger partial charge in [-0.1, -0.05) is 18.2 Å². The fraction of sp³-hybridized carbons (Fsp3) is 0.136. The number of rotatable bonds is 5. The first-order valence-corrected chi connectivity index (χ1v) is 9.43. The number of imidazole rings is 2. The van der Waals surface area contributed by atoms with Gasteiger partial charge in [0.2, 0.25) is 0 Å². The second-order valence-electron chi connectivity index (χ2n) is 7.00. The molecule has 5 aromatic rings. The van der Waals surface area contributed by atoms with E-state index in [4.69, 9.17) is 10.5 Å². The van der Waals surface area contributed by atoms with E-state index in [0.717, 1.165) is 33.4 Å². The van der Waals surface area contributed by atoms with Gasteiger partial charge in [-0.05, 0) is 37.3 Å². The van der Waals surface area contributed by atoms with Crippen molar-refractivity contribution in [2.45, 2.75) is 19.6 Å². The number of hydrogen-bond acceptors (Lipinski definition) is 5. The van der Waals surface area contributed by atoms with Crippen molar-refractivity contribution in [3.05, 3.63) is 73.6 Å². The Morgan fingerprint density at radius 1 is 1.07 bits per heavy atom. The maximum Gasteiger partial charge on any atom is 0.152 e. The Labute approximate surface area is 167 Å². The highest BCUT2D eigenvalue weighted by atomic mass is 16.5. The molecule has 2 aromatic carbocycles. The average molecular weight is 384 g/mol. The number of hydrogen-bond donors (Lipinski definition) is 1. The predicted molar refractivity (Wildman–Crippen MR) is 113 cm³/mol. The molecular weight excluding hydrogens is 364 g/mol. The fourth-order valence-corrected chi connectivity index (χ4v) is 3.60. The van der Waals surface area contributed by atoms with Crippen molar-refractivity contribution in [1.29, 1.82) is 0 Å². The number of pyridine rings is 1. The van der Waals surface area contributed by atoms with Crippen molar-refractivity contribution in [1.82, 2.24) is 24.1 Å². The summed E-state index contributed by atoms with van der Waals surface area (Å²) in [6, 6.07) is 15.9. The van der Waals surface area contributed by atoms with Gasteiger partial charge in [0.25, 0.3) is 0 Å². The lowest BCUT2D eigenvalue weighted by Crippen LogP contribution is -2.19. The molecule has 0 aliphatic heterocycles. The van der Waals surface area contributed by atoms with Gasteiger partial charge >= 0.3 is 0 Å². The topological polar surface area (TPSA) is 83.8 Å². The summed E-state index contributed by atoms with van der Waals surface area (Å²) in [6.07, 6.45) is 7.19. The van der Waals surface area contributed by atoms with E-state index in [1.165, 1.54) is 0 Å². The Balaban J connectivity index is 1.39. The number of para-hydroxylation sites is 1. The highest BCUT2D eigenvalue weighted by Crippen LogP contribution is 2.27. The van der Waals surface area contributed by atoms with Crippen LogP contribution < -0.4 is 10.5 Å². The Bertz CT molecular complexity index is 1270. The minimum Gasteiger partial charge on any atom is -0.489 e. The minimum absolute atomic E-state index is 0.0559. The molecule has 0 saturated heterocycles. The lowest BCUT2D eigenvalue weighted by Gasteiger charge is -2.17. The maximum atomic E-state index is 6.13. The zero-order chi connectivity index (χ0) is 19.8. The van der Waals surface area contributed by atoms with E-state index in [2.05, 4.69) is 19.5 Å². The van der Waals surface area contributed by atoms with Crippen LogP contribution >= 0.6 is 0 Å². The van der Waals surface area contributed by atoms with Gasteiger partial charge < -0.3 is 19.6 Å². The van der Waals surface area contributed by atoms with Gasteiger partial charge in [0.1, 0.15) is 17.4 Å². The molecule has 0 aliphatic rings. The standard InChI is InChI=1S/C22H20N6O/c1-15(29-17-8-6-16(7-9-17)27-11-10-24-13-27)12-28-14-25-20-21(28)18-4-2-3-5-19(18)26-22(20)23/h2-11,13-15H,12H2,1H3,(H2,23,26). The third-order valence-electron chi connectivity index (χ3n) is 4.91. The minimum atomic E-state index is -0.0559. The fourth-order valence-electron chi connectivity index (χ4n) is 3.60. The number of ether oxygens (including phenoxy) is 1. The molecule has 1 unspecified atom stereocenters. The lowest BCUT2D eigenvalue weighted by atomic mass is 10.2. The van der Waals surface area contributed by atoms with Gasteiger partial charge in [0.05, 0.1) is 30.2 Å².